The Hall–Kier alpha value is -2.24. The highest BCUT2D eigenvalue weighted by Crippen LogP contribution is 2.26. The molecule has 1 aromatic carbocycles. The molecule has 0 bridgehead atoms. The molecule has 6 heteroatoms. The van der Waals surface area contributed by atoms with Crippen LogP contribution in [0.1, 0.15) is 12.0 Å². The van der Waals surface area contributed by atoms with Crippen molar-refractivity contribution in [2.24, 2.45) is 5.92 Å². The van der Waals surface area contributed by atoms with E-state index in [1.54, 1.807) is 4.90 Å². The number of nitrogens with one attached hydrogen (secondary N) is 2. The van der Waals surface area contributed by atoms with Crippen molar-refractivity contribution in [3.63, 3.8) is 0 Å². The molecule has 2 aliphatic heterocycles. The molecule has 0 aliphatic carbocycles. The molecular formula is C16H21N3O3. The quantitative estimate of drug-likeness (QED) is 0.863. The fraction of sp³-hybridized carbons (Fsp3) is 0.500. The first-order valence-corrected chi connectivity index (χ1v) is 7.75. The SMILES string of the molecule is O=C(NCCN1CCNC1=O)[C@H]1CCOc2ccccc2C1. The Balaban J connectivity index is 1.51. The topological polar surface area (TPSA) is 70.7 Å². The van der Waals surface area contributed by atoms with Crippen LogP contribution in [0, 0.1) is 5.92 Å². The first kappa shape index (κ1) is 14.7. The van der Waals surface area contributed by atoms with Crippen LogP contribution in [-0.2, 0) is 11.2 Å². The van der Waals surface area contributed by atoms with Gasteiger partial charge in [0.2, 0.25) is 5.91 Å². The molecule has 0 spiro atoms. The molecule has 1 fully saturated rings. The van der Waals surface area contributed by atoms with E-state index in [1.807, 2.05) is 24.3 Å². The molecule has 6 nitrogen and oxygen atoms in total. The van der Waals surface area contributed by atoms with Gasteiger partial charge in [0.15, 0.2) is 0 Å². The number of carbonyl (C=O) groups is 2. The summed E-state index contributed by atoms with van der Waals surface area (Å²) in [5.74, 6) is 0.850. The van der Waals surface area contributed by atoms with Gasteiger partial charge in [0.25, 0.3) is 0 Å². The van der Waals surface area contributed by atoms with E-state index < -0.39 is 0 Å². The van der Waals surface area contributed by atoms with E-state index in [1.165, 1.54) is 0 Å². The van der Waals surface area contributed by atoms with E-state index in [0.29, 0.717) is 45.6 Å². The molecule has 2 N–H and O–H groups in total. The number of ether oxygens (including phenoxy) is 1. The lowest BCUT2D eigenvalue weighted by Crippen LogP contribution is -2.39. The highest BCUT2D eigenvalue weighted by atomic mass is 16.5. The van der Waals surface area contributed by atoms with Gasteiger partial charge in [-0.3, -0.25) is 4.79 Å². The third-order valence-electron chi connectivity index (χ3n) is 4.16. The summed E-state index contributed by atoms with van der Waals surface area (Å²) in [7, 11) is 0. The number of benzene rings is 1. The van der Waals surface area contributed by atoms with Crippen molar-refractivity contribution in [1.29, 1.82) is 0 Å². The Labute approximate surface area is 129 Å². The van der Waals surface area contributed by atoms with E-state index in [0.717, 1.165) is 11.3 Å². The molecule has 2 aliphatic rings. The summed E-state index contributed by atoms with van der Waals surface area (Å²) in [6.45, 7) is 3.00. The maximum atomic E-state index is 12.3. The van der Waals surface area contributed by atoms with Gasteiger partial charge in [-0.2, -0.15) is 0 Å². The van der Waals surface area contributed by atoms with Crippen molar-refractivity contribution >= 4 is 11.9 Å². The predicted octanol–water partition coefficient (Wildman–Crippen LogP) is 0.769. The third-order valence-corrected chi connectivity index (χ3v) is 4.16. The van der Waals surface area contributed by atoms with Crippen LogP contribution in [0.4, 0.5) is 4.79 Å². The van der Waals surface area contributed by atoms with Crippen molar-refractivity contribution in [1.82, 2.24) is 15.5 Å². The molecular weight excluding hydrogens is 282 g/mol. The molecule has 0 radical (unpaired) electrons. The molecule has 118 valence electrons. The lowest BCUT2D eigenvalue weighted by Gasteiger charge is -2.17. The molecule has 3 amide bonds. The third kappa shape index (κ3) is 3.32. The summed E-state index contributed by atoms with van der Waals surface area (Å²) in [5, 5.41) is 5.69. The summed E-state index contributed by atoms with van der Waals surface area (Å²) in [6.07, 6.45) is 1.41. The molecule has 1 aromatic rings. The smallest absolute Gasteiger partial charge is 0.317 e. The largest absolute Gasteiger partial charge is 0.493 e. The second-order valence-corrected chi connectivity index (χ2v) is 5.66. The number of fused-ring (bicyclic) bond motifs is 1. The predicted molar refractivity (Wildman–Crippen MR) is 81.7 cm³/mol. The number of amides is 3. The first-order valence-electron chi connectivity index (χ1n) is 7.75. The number of nitrogens with zero attached hydrogens (tertiary/aromatic N) is 1. The van der Waals surface area contributed by atoms with Crippen molar-refractivity contribution in [2.45, 2.75) is 12.8 Å². The Morgan fingerprint density at radius 2 is 2.27 bits per heavy atom. The number of urea groups is 1. The van der Waals surface area contributed by atoms with Crippen molar-refractivity contribution in [3.05, 3.63) is 29.8 Å². The Kier molecular flexibility index (Phi) is 4.46. The van der Waals surface area contributed by atoms with Crippen LogP contribution in [0.15, 0.2) is 24.3 Å². The van der Waals surface area contributed by atoms with Gasteiger partial charge in [0.1, 0.15) is 5.75 Å². The normalized spacial score (nSPS) is 20.6. The number of hydrogen-bond donors (Lipinski definition) is 2. The average Bonchev–Trinajstić information content (AvgIpc) is 2.81. The van der Waals surface area contributed by atoms with E-state index in [9.17, 15) is 9.59 Å². The minimum Gasteiger partial charge on any atom is -0.493 e. The Bertz CT molecular complexity index is 561. The van der Waals surface area contributed by atoms with Gasteiger partial charge in [-0.1, -0.05) is 18.2 Å². The van der Waals surface area contributed by atoms with Crippen LogP contribution in [-0.4, -0.2) is 49.6 Å². The van der Waals surface area contributed by atoms with E-state index in [-0.39, 0.29) is 17.9 Å². The van der Waals surface area contributed by atoms with Crippen molar-refractivity contribution < 1.29 is 14.3 Å². The van der Waals surface area contributed by atoms with Crippen LogP contribution in [0.5, 0.6) is 5.75 Å². The summed E-state index contributed by atoms with van der Waals surface area (Å²) < 4.78 is 5.69. The minimum absolute atomic E-state index is 0.0416. The van der Waals surface area contributed by atoms with Crippen molar-refractivity contribution in [3.8, 4) is 5.75 Å². The lowest BCUT2D eigenvalue weighted by atomic mass is 9.96. The second-order valence-electron chi connectivity index (χ2n) is 5.66. The average molecular weight is 303 g/mol. The molecule has 22 heavy (non-hydrogen) atoms. The van der Waals surface area contributed by atoms with E-state index in [2.05, 4.69) is 10.6 Å². The maximum Gasteiger partial charge on any atom is 0.317 e. The first-order chi connectivity index (χ1) is 10.7. The summed E-state index contributed by atoms with van der Waals surface area (Å²) in [4.78, 5) is 25.5. The summed E-state index contributed by atoms with van der Waals surface area (Å²) in [6, 6.07) is 7.82. The highest BCUT2D eigenvalue weighted by Gasteiger charge is 2.24. The molecule has 0 unspecified atom stereocenters. The molecule has 1 saturated heterocycles. The standard InChI is InChI=1S/C16H21N3O3/c20-15(17-6-8-19-9-7-18-16(19)21)13-5-10-22-14-4-2-1-3-12(14)11-13/h1-4,13H,5-11H2,(H,17,20)(H,18,21)/t13-/m0/s1. The fourth-order valence-corrected chi connectivity index (χ4v) is 2.90. The maximum absolute atomic E-state index is 12.3. The molecule has 0 saturated carbocycles. The molecule has 3 rings (SSSR count). The van der Waals surface area contributed by atoms with Crippen LogP contribution in [0.3, 0.4) is 0 Å². The van der Waals surface area contributed by atoms with Gasteiger partial charge in [0, 0.05) is 32.1 Å². The van der Waals surface area contributed by atoms with E-state index >= 15 is 0 Å². The summed E-state index contributed by atoms with van der Waals surface area (Å²) >= 11 is 0. The highest BCUT2D eigenvalue weighted by molar-refractivity contribution is 5.79. The molecule has 0 aromatic heterocycles. The fourth-order valence-electron chi connectivity index (χ4n) is 2.90. The molecule has 1 atom stereocenters. The van der Waals surface area contributed by atoms with E-state index in [4.69, 9.17) is 4.74 Å². The monoisotopic (exact) mass is 303 g/mol. The zero-order valence-electron chi connectivity index (χ0n) is 12.5. The van der Waals surface area contributed by atoms with Gasteiger partial charge in [-0.05, 0) is 24.5 Å². The second kappa shape index (κ2) is 6.68. The van der Waals surface area contributed by atoms with Gasteiger partial charge in [-0.15, -0.1) is 0 Å². The van der Waals surface area contributed by atoms with Crippen LogP contribution in [0.2, 0.25) is 0 Å². The van der Waals surface area contributed by atoms with Gasteiger partial charge < -0.3 is 20.3 Å². The number of hydrogen-bond acceptors (Lipinski definition) is 3. The van der Waals surface area contributed by atoms with Gasteiger partial charge in [-0.25, -0.2) is 4.79 Å². The molecule has 2 heterocycles. The zero-order valence-corrected chi connectivity index (χ0v) is 12.5. The summed E-state index contributed by atoms with van der Waals surface area (Å²) in [5.41, 5.74) is 1.08. The Morgan fingerprint density at radius 1 is 1.41 bits per heavy atom. The number of para-hydroxylation sites is 1. The number of rotatable bonds is 4. The van der Waals surface area contributed by atoms with Gasteiger partial charge in [0.05, 0.1) is 6.61 Å². The van der Waals surface area contributed by atoms with Crippen LogP contribution in [0.25, 0.3) is 0 Å². The minimum atomic E-state index is -0.0731. The number of carbonyl (C=O) groups excluding carboxylic acids is 2. The zero-order chi connectivity index (χ0) is 15.4. The van der Waals surface area contributed by atoms with Crippen molar-refractivity contribution in [2.75, 3.05) is 32.8 Å². The van der Waals surface area contributed by atoms with Crippen LogP contribution >= 0.6 is 0 Å². The Morgan fingerprint density at radius 3 is 3.09 bits per heavy atom. The van der Waals surface area contributed by atoms with Gasteiger partial charge >= 0.3 is 6.03 Å². The van der Waals surface area contributed by atoms with Crippen LogP contribution < -0.4 is 15.4 Å². The lowest BCUT2D eigenvalue weighted by molar-refractivity contribution is -0.125.